The lowest BCUT2D eigenvalue weighted by atomic mass is 9.88. The second kappa shape index (κ2) is 5.58. The fourth-order valence-electron chi connectivity index (χ4n) is 3.31. The first kappa shape index (κ1) is 12.4. The summed E-state index contributed by atoms with van der Waals surface area (Å²) in [5, 5.41) is 0. The number of rotatable bonds is 3. The zero-order valence-corrected chi connectivity index (χ0v) is 11.3. The summed E-state index contributed by atoms with van der Waals surface area (Å²) in [5.41, 5.74) is 9.93. The topological polar surface area (TPSA) is 26.0 Å². The highest BCUT2D eigenvalue weighted by Gasteiger charge is 2.27. The van der Waals surface area contributed by atoms with Crippen LogP contribution in [-0.4, -0.2) is 6.54 Å². The minimum Gasteiger partial charge on any atom is -0.330 e. The summed E-state index contributed by atoms with van der Waals surface area (Å²) in [6, 6.07) is 19.6. The summed E-state index contributed by atoms with van der Waals surface area (Å²) >= 11 is 0. The van der Waals surface area contributed by atoms with Gasteiger partial charge < -0.3 is 5.73 Å². The fourth-order valence-corrected chi connectivity index (χ4v) is 3.31. The molecule has 0 aromatic heterocycles. The highest BCUT2D eigenvalue weighted by molar-refractivity contribution is 5.63. The third kappa shape index (κ3) is 2.57. The second-order valence-electron chi connectivity index (χ2n) is 5.52. The molecular weight excluding hydrogens is 230 g/mol. The van der Waals surface area contributed by atoms with Gasteiger partial charge in [0, 0.05) is 0 Å². The van der Waals surface area contributed by atoms with Crippen molar-refractivity contribution in [1.82, 2.24) is 0 Å². The van der Waals surface area contributed by atoms with Crippen LogP contribution in [0.25, 0.3) is 11.1 Å². The molecule has 2 N–H and O–H groups in total. The van der Waals surface area contributed by atoms with Crippen molar-refractivity contribution in [2.75, 3.05) is 6.54 Å². The fraction of sp³-hybridized carbons (Fsp3) is 0.333. The van der Waals surface area contributed by atoms with Crippen molar-refractivity contribution in [3.8, 4) is 11.1 Å². The molecular formula is C18H21N. The number of benzene rings is 2. The van der Waals surface area contributed by atoms with Crippen molar-refractivity contribution in [3.63, 3.8) is 0 Å². The zero-order chi connectivity index (χ0) is 13.1. The van der Waals surface area contributed by atoms with E-state index in [9.17, 15) is 0 Å². The third-order valence-corrected chi connectivity index (χ3v) is 4.41. The quantitative estimate of drug-likeness (QED) is 0.869. The van der Waals surface area contributed by atoms with E-state index in [1.54, 1.807) is 0 Å². The highest BCUT2D eigenvalue weighted by atomic mass is 14.6. The largest absolute Gasteiger partial charge is 0.330 e. The first-order valence-electron chi connectivity index (χ1n) is 7.24. The van der Waals surface area contributed by atoms with Gasteiger partial charge in [0.15, 0.2) is 0 Å². The van der Waals surface area contributed by atoms with Gasteiger partial charge in [-0.25, -0.2) is 0 Å². The Morgan fingerprint density at radius 2 is 1.53 bits per heavy atom. The molecule has 0 amide bonds. The van der Waals surface area contributed by atoms with Crippen LogP contribution >= 0.6 is 0 Å². The Balaban J connectivity index is 1.83. The summed E-state index contributed by atoms with van der Waals surface area (Å²) in [5.74, 6) is 1.36. The first-order chi connectivity index (χ1) is 9.38. The first-order valence-corrected chi connectivity index (χ1v) is 7.24. The molecule has 98 valence electrons. The van der Waals surface area contributed by atoms with Gasteiger partial charge in [-0.3, -0.25) is 0 Å². The Kier molecular flexibility index (Phi) is 3.65. The van der Waals surface area contributed by atoms with Gasteiger partial charge in [0.1, 0.15) is 0 Å². The maximum atomic E-state index is 5.88. The predicted molar refractivity (Wildman–Crippen MR) is 81.0 cm³/mol. The molecule has 2 atom stereocenters. The molecule has 19 heavy (non-hydrogen) atoms. The van der Waals surface area contributed by atoms with E-state index in [2.05, 4.69) is 54.6 Å². The Morgan fingerprint density at radius 3 is 2.21 bits per heavy atom. The van der Waals surface area contributed by atoms with Crippen molar-refractivity contribution in [1.29, 1.82) is 0 Å². The Hall–Kier alpha value is -1.60. The SMILES string of the molecule is NCC1CCCC1c1ccc(-c2ccccc2)cc1. The normalized spacial score (nSPS) is 22.6. The average molecular weight is 251 g/mol. The van der Waals surface area contributed by atoms with E-state index >= 15 is 0 Å². The monoisotopic (exact) mass is 251 g/mol. The molecule has 0 spiro atoms. The maximum absolute atomic E-state index is 5.88. The predicted octanol–water partition coefficient (Wildman–Crippen LogP) is 4.20. The standard InChI is InChI=1S/C18H21N/c19-13-17-7-4-8-18(17)16-11-9-15(10-12-16)14-5-2-1-3-6-14/h1-3,5-6,9-12,17-18H,4,7-8,13,19H2. The van der Waals surface area contributed by atoms with Crippen LogP contribution in [0.1, 0.15) is 30.7 Å². The minimum absolute atomic E-state index is 0.676. The Labute approximate surface area is 115 Å². The molecule has 2 aromatic rings. The van der Waals surface area contributed by atoms with Gasteiger partial charge in [0.25, 0.3) is 0 Å². The van der Waals surface area contributed by atoms with Crippen LogP contribution in [0.5, 0.6) is 0 Å². The molecule has 1 fully saturated rings. The summed E-state index contributed by atoms with van der Waals surface area (Å²) in [6.45, 7) is 0.825. The van der Waals surface area contributed by atoms with Crippen molar-refractivity contribution in [3.05, 3.63) is 60.2 Å². The smallest absolute Gasteiger partial charge is 0.00430 e. The Bertz CT molecular complexity index is 515. The molecule has 1 aliphatic carbocycles. The summed E-state index contributed by atoms with van der Waals surface area (Å²) in [6.07, 6.45) is 3.92. The van der Waals surface area contributed by atoms with Crippen molar-refractivity contribution < 1.29 is 0 Å². The molecule has 0 radical (unpaired) electrons. The molecule has 0 saturated heterocycles. The minimum atomic E-state index is 0.676. The van der Waals surface area contributed by atoms with Crippen LogP contribution in [0.2, 0.25) is 0 Å². The summed E-state index contributed by atoms with van der Waals surface area (Å²) in [4.78, 5) is 0. The molecule has 1 aliphatic rings. The maximum Gasteiger partial charge on any atom is -0.00430 e. The van der Waals surface area contributed by atoms with E-state index in [4.69, 9.17) is 5.73 Å². The van der Waals surface area contributed by atoms with Crippen LogP contribution in [0, 0.1) is 5.92 Å². The van der Waals surface area contributed by atoms with E-state index in [1.165, 1.54) is 36.0 Å². The van der Waals surface area contributed by atoms with Gasteiger partial charge in [-0.1, -0.05) is 61.0 Å². The summed E-state index contributed by atoms with van der Waals surface area (Å²) in [7, 11) is 0. The molecule has 1 saturated carbocycles. The van der Waals surface area contributed by atoms with Crippen molar-refractivity contribution in [2.45, 2.75) is 25.2 Å². The molecule has 2 aromatic carbocycles. The zero-order valence-electron chi connectivity index (χ0n) is 11.3. The van der Waals surface area contributed by atoms with E-state index in [1.807, 2.05) is 0 Å². The van der Waals surface area contributed by atoms with Crippen LogP contribution < -0.4 is 5.73 Å². The van der Waals surface area contributed by atoms with E-state index in [0.717, 1.165) is 6.54 Å². The van der Waals surface area contributed by atoms with E-state index < -0.39 is 0 Å². The van der Waals surface area contributed by atoms with Gasteiger partial charge in [-0.05, 0) is 47.9 Å². The lowest BCUT2D eigenvalue weighted by Gasteiger charge is -2.18. The molecule has 0 bridgehead atoms. The third-order valence-electron chi connectivity index (χ3n) is 4.41. The molecule has 0 aliphatic heterocycles. The average Bonchev–Trinajstić information content (AvgIpc) is 2.97. The second-order valence-corrected chi connectivity index (χ2v) is 5.52. The van der Waals surface area contributed by atoms with Gasteiger partial charge in [-0.2, -0.15) is 0 Å². The number of hydrogen-bond donors (Lipinski definition) is 1. The Morgan fingerprint density at radius 1 is 0.842 bits per heavy atom. The summed E-state index contributed by atoms with van der Waals surface area (Å²) < 4.78 is 0. The van der Waals surface area contributed by atoms with Gasteiger partial charge in [0.05, 0.1) is 0 Å². The number of hydrogen-bond acceptors (Lipinski definition) is 1. The van der Waals surface area contributed by atoms with Crippen molar-refractivity contribution >= 4 is 0 Å². The van der Waals surface area contributed by atoms with Gasteiger partial charge >= 0.3 is 0 Å². The molecule has 1 heteroatoms. The lowest BCUT2D eigenvalue weighted by molar-refractivity contribution is 0.496. The molecule has 0 heterocycles. The van der Waals surface area contributed by atoms with Gasteiger partial charge in [-0.15, -0.1) is 0 Å². The van der Waals surface area contributed by atoms with Gasteiger partial charge in [0.2, 0.25) is 0 Å². The van der Waals surface area contributed by atoms with E-state index in [0.29, 0.717) is 11.8 Å². The van der Waals surface area contributed by atoms with Crippen LogP contribution in [0.15, 0.2) is 54.6 Å². The van der Waals surface area contributed by atoms with Crippen LogP contribution in [-0.2, 0) is 0 Å². The highest BCUT2D eigenvalue weighted by Crippen LogP contribution is 2.39. The van der Waals surface area contributed by atoms with E-state index in [-0.39, 0.29) is 0 Å². The number of nitrogens with two attached hydrogens (primary N) is 1. The molecule has 2 unspecified atom stereocenters. The molecule has 1 nitrogen and oxygen atoms in total. The molecule has 3 rings (SSSR count). The van der Waals surface area contributed by atoms with Crippen LogP contribution in [0.3, 0.4) is 0 Å². The van der Waals surface area contributed by atoms with Crippen molar-refractivity contribution in [2.24, 2.45) is 11.7 Å². The van der Waals surface area contributed by atoms with Crippen LogP contribution in [0.4, 0.5) is 0 Å². The lowest BCUT2D eigenvalue weighted by Crippen LogP contribution is -2.17.